The molecule has 1 aliphatic rings. The van der Waals surface area contributed by atoms with E-state index in [0.29, 0.717) is 22.7 Å². The summed E-state index contributed by atoms with van der Waals surface area (Å²) in [5.74, 6) is -0.301. The molecule has 1 fully saturated rings. The fraction of sp³-hybridized carbons (Fsp3) is 0.320. The minimum absolute atomic E-state index is 0.327. The minimum Gasteiger partial charge on any atom is -0.497 e. The summed E-state index contributed by atoms with van der Waals surface area (Å²) in [5, 5.41) is 3.54. The first-order chi connectivity index (χ1) is 16.0. The van der Waals surface area contributed by atoms with E-state index in [1.165, 1.54) is 5.56 Å². The zero-order chi connectivity index (χ0) is 23.2. The lowest BCUT2D eigenvalue weighted by Crippen LogP contribution is -2.35. The number of methoxy groups -OCH3 is 1. The Kier molecular flexibility index (Phi) is 7.16. The normalized spacial score (nSPS) is 14.1. The summed E-state index contributed by atoms with van der Waals surface area (Å²) in [7, 11) is 1.59. The average Bonchev–Trinajstić information content (AvgIpc) is 2.83. The minimum atomic E-state index is -0.589. The number of nitrogens with zero attached hydrogens (tertiary/aromatic N) is 2. The van der Waals surface area contributed by atoms with E-state index in [1.807, 2.05) is 30.3 Å². The third kappa shape index (κ3) is 5.85. The third-order valence-corrected chi connectivity index (χ3v) is 5.52. The molecule has 1 amide bonds. The smallest absolute Gasteiger partial charge is 0.340 e. The number of rotatable bonds is 7. The largest absolute Gasteiger partial charge is 0.497 e. The van der Waals surface area contributed by atoms with Gasteiger partial charge in [-0.1, -0.05) is 12.1 Å². The fourth-order valence-electron chi connectivity index (χ4n) is 3.69. The first-order valence-electron chi connectivity index (χ1n) is 10.8. The number of aryl methyl sites for hydroxylation is 1. The Balaban J connectivity index is 1.31. The first-order valence-corrected chi connectivity index (χ1v) is 10.8. The molecule has 0 saturated carbocycles. The van der Waals surface area contributed by atoms with Crippen molar-refractivity contribution in [2.24, 2.45) is 0 Å². The zero-order valence-electron chi connectivity index (χ0n) is 18.8. The highest BCUT2D eigenvalue weighted by molar-refractivity contribution is 5.98. The van der Waals surface area contributed by atoms with E-state index in [1.54, 1.807) is 32.2 Å². The Labute approximate surface area is 192 Å². The molecular weight excluding hydrogens is 422 g/mol. The van der Waals surface area contributed by atoms with E-state index in [-0.39, 0.29) is 6.61 Å². The van der Waals surface area contributed by atoms with Gasteiger partial charge in [0.25, 0.3) is 5.91 Å². The van der Waals surface area contributed by atoms with Crippen molar-refractivity contribution in [1.82, 2.24) is 9.88 Å². The average molecular weight is 450 g/mol. The maximum absolute atomic E-state index is 12.5. The first kappa shape index (κ1) is 22.7. The summed E-state index contributed by atoms with van der Waals surface area (Å²) in [6, 6.07) is 14.8. The number of hydrogen-bond acceptors (Lipinski definition) is 7. The van der Waals surface area contributed by atoms with Gasteiger partial charge in [0.05, 0.1) is 37.1 Å². The van der Waals surface area contributed by atoms with Crippen molar-refractivity contribution in [3.05, 3.63) is 65.4 Å². The van der Waals surface area contributed by atoms with Crippen molar-refractivity contribution in [3.8, 4) is 5.75 Å². The lowest BCUT2D eigenvalue weighted by Gasteiger charge is -2.26. The van der Waals surface area contributed by atoms with Gasteiger partial charge in [-0.05, 0) is 42.8 Å². The number of aromatic nitrogens is 1. The molecule has 172 valence electrons. The summed E-state index contributed by atoms with van der Waals surface area (Å²) < 4.78 is 15.8. The molecule has 0 atom stereocenters. The van der Waals surface area contributed by atoms with Crippen LogP contribution >= 0.6 is 0 Å². The predicted octanol–water partition coefficient (Wildman–Crippen LogP) is 3.18. The molecule has 4 rings (SSSR count). The number of carbonyl (C=O) groups is 2. The Morgan fingerprint density at radius 1 is 1.09 bits per heavy atom. The van der Waals surface area contributed by atoms with Gasteiger partial charge in [0.15, 0.2) is 6.61 Å². The molecule has 0 aliphatic carbocycles. The molecule has 1 N–H and O–H groups in total. The lowest BCUT2D eigenvalue weighted by molar-refractivity contribution is -0.119. The van der Waals surface area contributed by atoms with Gasteiger partial charge in [-0.3, -0.25) is 14.7 Å². The number of hydrogen-bond donors (Lipinski definition) is 1. The summed E-state index contributed by atoms with van der Waals surface area (Å²) >= 11 is 0. The lowest BCUT2D eigenvalue weighted by atomic mass is 10.1. The molecule has 1 aliphatic heterocycles. The molecular formula is C25H27N3O5. The van der Waals surface area contributed by atoms with E-state index in [0.717, 1.165) is 43.8 Å². The van der Waals surface area contributed by atoms with Crippen LogP contribution in [0.25, 0.3) is 10.9 Å². The maximum atomic E-state index is 12.5. The summed E-state index contributed by atoms with van der Waals surface area (Å²) in [6.45, 7) is 5.56. The molecule has 3 aromatic rings. The number of morpholine rings is 1. The summed E-state index contributed by atoms with van der Waals surface area (Å²) in [5.41, 5.74) is 3.39. The second kappa shape index (κ2) is 10.4. The van der Waals surface area contributed by atoms with Crippen molar-refractivity contribution < 1.29 is 23.8 Å². The van der Waals surface area contributed by atoms with Crippen molar-refractivity contribution >= 4 is 28.5 Å². The van der Waals surface area contributed by atoms with Crippen LogP contribution in [0.15, 0.2) is 48.5 Å². The Bertz CT molecular complexity index is 1140. The topological polar surface area (TPSA) is 90.0 Å². The van der Waals surface area contributed by atoms with Crippen LogP contribution < -0.4 is 10.1 Å². The number of fused-ring (bicyclic) bond motifs is 1. The second-order valence-corrected chi connectivity index (χ2v) is 7.89. The number of nitrogens with one attached hydrogen (secondary N) is 1. The number of benzene rings is 2. The quantitative estimate of drug-likeness (QED) is 0.554. The van der Waals surface area contributed by atoms with Crippen molar-refractivity contribution in [3.63, 3.8) is 0 Å². The standard InChI is InChI=1S/C25H27N3O5/c1-17-22(13-19-5-8-21(31-2)14-23(19)26-17)25(30)33-16-24(29)27-20-6-3-18(4-7-20)15-28-9-11-32-12-10-28/h3-8,13-14H,9-12,15-16H2,1-2H3,(H,27,29). The van der Waals surface area contributed by atoms with Crippen LogP contribution in [0.5, 0.6) is 5.75 Å². The van der Waals surface area contributed by atoms with Gasteiger partial charge in [-0.25, -0.2) is 4.79 Å². The molecule has 8 nitrogen and oxygen atoms in total. The van der Waals surface area contributed by atoms with Crippen LogP contribution in [-0.2, 0) is 20.8 Å². The molecule has 0 unspecified atom stereocenters. The third-order valence-electron chi connectivity index (χ3n) is 5.52. The molecule has 8 heteroatoms. The zero-order valence-corrected chi connectivity index (χ0v) is 18.8. The maximum Gasteiger partial charge on any atom is 0.340 e. The highest BCUT2D eigenvalue weighted by Crippen LogP contribution is 2.22. The van der Waals surface area contributed by atoms with Gasteiger partial charge in [0.1, 0.15) is 5.75 Å². The van der Waals surface area contributed by atoms with Gasteiger partial charge < -0.3 is 19.5 Å². The highest BCUT2D eigenvalue weighted by atomic mass is 16.5. The van der Waals surface area contributed by atoms with Crippen molar-refractivity contribution in [2.45, 2.75) is 13.5 Å². The monoisotopic (exact) mass is 449 g/mol. The van der Waals surface area contributed by atoms with Crippen LogP contribution in [0, 0.1) is 6.92 Å². The predicted molar refractivity (Wildman–Crippen MR) is 124 cm³/mol. The van der Waals surface area contributed by atoms with Crippen molar-refractivity contribution in [2.75, 3.05) is 45.3 Å². The number of anilines is 1. The number of pyridine rings is 1. The molecule has 0 bridgehead atoms. The van der Waals surface area contributed by atoms with Gasteiger partial charge in [-0.15, -0.1) is 0 Å². The molecule has 2 aromatic carbocycles. The summed E-state index contributed by atoms with van der Waals surface area (Å²) in [4.78, 5) is 31.6. The van der Waals surface area contributed by atoms with Crippen LogP contribution in [0.3, 0.4) is 0 Å². The van der Waals surface area contributed by atoms with Gasteiger partial charge >= 0.3 is 5.97 Å². The van der Waals surface area contributed by atoms with E-state index >= 15 is 0 Å². The van der Waals surface area contributed by atoms with Crippen LogP contribution in [0.2, 0.25) is 0 Å². The van der Waals surface area contributed by atoms with E-state index in [4.69, 9.17) is 14.2 Å². The van der Waals surface area contributed by atoms with Gasteiger partial charge in [-0.2, -0.15) is 0 Å². The van der Waals surface area contributed by atoms with Crippen LogP contribution in [0.1, 0.15) is 21.6 Å². The number of esters is 1. The van der Waals surface area contributed by atoms with E-state index < -0.39 is 11.9 Å². The Hall–Kier alpha value is -3.49. The van der Waals surface area contributed by atoms with E-state index in [9.17, 15) is 9.59 Å². The number of ether oxygens (including phenoxy) is 3. The molecule has 2 heterocycles. The molecule has 0 radical (unpaired) electrons. The van der Waals surface area contributed by atoms with Gasteiger partial charge in [0.2, 0.25) is 0 Å². The Morgan fingerprint density at radius 3 is 2.58 bits per heavy atom. The fourth-order valence-corrected chi connectivity index (χ4v) is 3.69. The van der Waals surface area contributed by atoms with Crippen LogP contribution in [-0.4, -0.2) is 61.8 Å². The van der Waals surface area contributed by atoms with Crippen molar-refractivity contribution in [1.29, 1.82) is 0 Å². The molecule has 0 spiro atoms. The van der Waals surface area contributed by atoms with E-state index in [2.05, 4.69) is 15.2 Å². The summed E-state index contributed by atoms with van der Waals surface area (Å²) in [6.07, 6.45) is 0. The highest BCUT2D eigenvalue weighted by Gasteiger charge is 2.16. The Morgan fingerprint density at radius 2 is 1.85 bits per heavy atom. The molecule has 1 saturated heterocycles. The molecule has 33 heavy (non-hydrogen) atoms. The van der Waals surface area contributed by atoms with Crippen LogP contribution in [0.4, 0.5) is 5.69 Å². The van der Waals surface area contributed by atoms with Gasteiger partial charge in [0, 0.05) is 36.8 Å². The SMILES string of the molecule is COc1ccc2cc(C(=O)OCC(=O)Nc3ccc(CN4CCOCC4)cc3)c(C)nc2c1. The molecule has 1 aromatic heterocycles. The second-order valence-electron chi connectivity index (χ2n) is 7.89. The number of carbonyl (C=O) groups excluding carboxylic acids is 2. The number of amides is 1.